The highest BCUT2D eigenvalue weighted by molar-refractivity contribution is 6.01. The Kier molecular flexibility index (Phi) is 3.37. The smallest absolute Gasteiger partial charge is 0.355 e. The standard InChI is InChI=1S/C4H4N2O6/c7-1(3(9)5-11)2(8)4(10)6-12/h7-8,11H,(H,5,9). The van der Waals surface area contributed by atoms with E-state index in [9.17, 15) is 14.5 Å². The maximum atomic E-state index is 10.2. The summed E-state index contributed by atoms with van der Waals surface area (Å²) in [5.74, 6) is -6.25. The van der Waals surface area contributed by atoms with Crippen molar-refractivity contribution in [1.82, 2.24) is 5.48 Å². The zero-order chi connectivity index (χ0) is 9.72. The lowest BCUT2D eigenvalue weighted by Crippen LogP contribution is -2.23. The second-order valence-electron chi connectivity index (χ2n) is 1.53. The van der Waals surface area contributed by atoms with Gasteiger partial charge in [-0.1, -0.05) is 0 Å². The minimum absolute atomic E-state index is 0.922. The van der Waals surface area contributed by atoms with Gasteiger partial charge in [-0.2, -0.15) is 0 Å². The van der Waals surface area contributed by atoms with Crippen molar-refractivity contribution in [2.75, 3.05) is 0 Å². The maximum absolute atomic E-state index is 10.2. The number of hydroxylamine groups is 1. The van der Waals surface area contributed by atoms with E-state index in [2.05, 4.69) is 0 Å². The molecule has 0 saturated carbocycles. The van der Waals surface area contributed by atoms with Crippen LogP contribution in [-0.4, -0.2) is 27.2 Å². The van der Waals surface area contributed by atoms with Crippen molar-refractivity contribution in [3.63, 3.8) is 0 Å². The molecule has 0 aliphatic carbocycles. The van der Waals surface area contributed by atoms with Gasteiger partial charge in [-0.3, -0.25) is 14.8 Å². The molecule has 0 aromatic rings. The molecular formula is C4H4N2O6. The van der Waals surface area contributed by atoms with Crippen LogP contribution in [0.4, 0.5) is 0 Å². The summed E-state index contributed by atoms with van der Waals surface area (Å²) < 4.78 is 0. The summed E-state index contributed by atoms with van der Waals surface area (Å²) in [5.41, 5.74) is 0.922. The van der Waals surface area contributed by atoms with Gasteiger partial charge in [-0.05, 0) is 0 Å². The van der Waals surface area contributed by atoms with E-state index >= 15 is 0 Å². The quantitative estimate of drug-likeness (QED) is 0.142. The maximum Gasteiger partial charge on any atom is 0.355 e. The van der Waals surface area contributed by atoms with Crippen LogP contribution < -0.4 is 5.48 Å². The summed E-state index contributed by atoms with van der Waals surface area (Å²) in [4.78, 5) is 29.9. The summed E-state index contributed by atoms with van der Waals surface area (Å²) in [6.45, 7) is 0. The fraction of sp³-hybridized carbons (Fsp3) is 0. The van der Waals surface area contributed by atoms with E-state index in [1.165, 1.54) is 0 Å². The highest BCUT2D eigenvalue weighted by atomic mass is 16.5. The Balaban J connectivity index is 4.80. The predicted octanol–water partition coefficient (Wildman–Crippen LogP) is -0.888. The number of hydrogen-bond donors (Lipinski definition) is 4. The van der Waals surface area contributed by atoms with Gasteiger partial charge >= 0.3 is 11.8 Å². The number of carbonyl (C=O) groups excluding carboxylic acids is 2. The van der Waals surface area contributed by atoms with E-state index in [0.717, 1.165) is 5.48 Å². The number of rotatable bonds is 2. The van der Waals surface area contributed by atoms with Crippen LogP contribution >= 0.6 is 0 Å². The molecule has 8 heteroatoms. The van der Waals surface area contributed by atoms with Crippen molar-refractivity contribution in [1.29, 1.82) is 0 Å². The van der Waals surface area contributed by atoms with Crippen molar-refractivity contribution >= 4 is 11.8 Å². The van der Waals surface area contributed by atoms with Crippen LogP contribution in [0.25, 0.3) is 0 Å². The molecule has 0 aliphatic heterocycles. The molecule has 0 saturated heterocycles. The van der Waals surface area contributed by atoms with Gasteiger partial charge in [0.1, 0.15) is 0 Å². The predicted molar refractivity (Wildman–Crippen MR) is 33.0 cm³/mol. The number of aliphatic hydroxyl groups excluding tert-OH is 2. The van der Waals surface area contributed by atoms with Crippen LogP contribution in [0.2, 0.25) is 0 Å². The second-order valence-corrected chi connectivity index (χ2v) is 1.53. The molecule has 0 bridgehead atoms. The second kappa shape index (κ2) is 4.03. The van der Waals surface area contributed by atoms with Crippen LogP contribution in [0, 0.1) is 4.91 Å². The first-order valence-corrected chi connectivity index (χ1v) is 2.49. The van der Waals surface area contributed by atoms with Crippen LogP contribution in [0.1, 0.15) is 0 Å². The average Bonchev–Trinajstić information content (AvgIpc) is 2.12. The van der Waals surface area contributed by atoms with Crippen molar-refractivity contribution in [3.05, 3.63) is 16.4 Å². The van der Waals surface area contributed by atoms with Gasteiger partial charge in [0.15, 0.2) is 0 Å². The molecule has 0 radical (unpaired) electrons. The number of carbonyl (C=O) groups is 2. The third-order valence-electron chi connectivity index (χ3n) is 0.826. The molecule has 66 valence electrons. The highest BCUT2D eigenvalue weighted by Crippen LogP contribution is 1.99. The Labute approximate surface area is 65.0 Å². The topological polar surface area (TPSA) is 136 Å². The third kappa shape index (κ3) is 2.02. The van der Waals surface area contributed by atoms with Gasteiger partial charge in [0.25, 0.3) is 0 Å². The number of nitroso groups, excluding NO2 is 1. The number of amides is 2. The first-order valence-electron chi connectivity index (χ1n) is 2.49. The van der Waals surface area contributed by atoms with Crippen LogP contribution in [0.5, 0.6) is 0 Å². The van der Waals surface area contributed by atoms with Gasteiger partial charge in [0.05, 0.1) is 0 Å². The molecule has 0 heterocycles. The molecular weight excluding hydrogens is 172 g/mol. The number of hydrogen-bond acceptors (Lipinski definition) is 6. The summed E-state index contributed by atoms with van der Waals surface area (Å²) in [7, 11) is 0. The first-order chi connectivity index (χ1) is 5.54. The van der Waals surface area contributed by atoms with Crippen LogP contribution in [0.15, 0.2) is 16.7 Å². The molecule has 0 aromatic heterocycles. The summed E-state index contributed by atoms with van der Waals surface area (Å²) in [5, 5.41) is 26.6. The van der Waals surface area contributed by atoms with Gasteiger partial charge in [-0.15, -0.1) is 4.91 Å². The van der Waals surface area contributed by atoms with Crippen LogP contribution in [0.3, 0.4) is 0 Å². The van der Waals surface area contributed by atoms with E-state index in [4.69, 9.17) is 15.4 Å². The molecule has 0 rings (SSSR count). The average molecular weight is 176 g/mol. The Morgan fingerprint density at radius 3 is 2.00 bits per heavy atom. The van der Waals surface area contributed by atoms with E-state index in [1.54, 1.807) is 5.18 Å². The summed E-state index contributed by atoms with van der Waals surface area (Å²) in [6, 6.07) is 0. The number of nitrogens with one attached hydrogen (secondary N) is 1. The first kappa shape index (κ1) is 10.0. The molecule has 0 spiro atoms. The Morgan fingerprint density at radius 1 is 1.17 bits per heavy atom. The van der Waals surface area contributed by atoms with Gasteiger partial charge in [0, 0.05) is 5.18 Å². The van der Waals surface area contributed by atoms with Crippen LogP contribution in [-0.2, 0) is 9.59 Å². The fourth-order valence-electron chi connectivity index (χ4n) is 0.305. The highest BCUT2D eigenvalue weighted by Gasteiger charge is 2.19. The molecule has 0 aromatic carbocycles. The van der Waals surface area contributed by atoms with Crippen molar-refractivity contribution < 1.29 is 25.0 Å². The molecule has 0 unspecified atom stereocenters. The summed E-state index contributed by atoms with van der Waals surface area (Å²) in [6.07, 6.45) is 0. The zero-order valence-electron chi connectivity index (χ0n) is 5.51. The van der Waals surface area contributed by atoms with E-state index in [0.29, 0.717) is 0 Å². The van der Waals surface area contributed by atoms with Gasteiger partial charge < -0.3 is 10.2 Å². The summed E-state index contributed by atoms with van der Waals surface area (Å²) >= 11 is 0. The number of nitrogens with zero attached hydrogens (tertiary/aromatic N) is 1. The lowest BCUT2D eigenvalue weighted by molar-refractivity contribution is -0.129. The fourth-order valence-corrected chi connectivity index (χ4v) is 0.305. The lowest BCUT2D eigenvalue weighted by Gasteiger charge is -1.96. The van der Waals surface area contributed by atoms with Gasteiger partial charge in [-0.25, -0.2) is 5.48 Å². The number of aliphatic hydroxyl groups is 2. The van der Waals surface area contributed by atoms with E-state index in [-0.39, 0.29) is 0 Å². The molecule has 8 nitrogen and oxygen atoms in total. The monoisotopic (exact) mass is 176 g/mol. The molecule has 4 N–H and O–H groups in total. The molecule has 12 heavy (non-hydrogen) atoms. The van der Waals surface area contributed by atoms with E-state index < -0.39 is 23.3 Å². The van der Waals surface area contributed by atoms with Crippen molar-refractivity contribution in [2.24, 2.45) is 5.18 Å². The van der Waals surface area contributed by atoms with Crippen molar-refractivity contribution in [2.45, 2.75) is 0 Å². The Bertz CT molecular complexity index is 256. The molecule has 0 aliphatic rings. The minimum atomic E-state index is -1.71. The Hall–Kier alpha value is -1.96. The van der Waals surface area contributed by atoms with Crippen molar-refractivity contribution in [3.8, 4) is 0 Å². The SMILES string of the molecule is O=NC(=O)C(O)=C(O)C(=O)NO. The third-order valence-corrected chi connectivity index (χ3v) is 0.826. The zero-order valence-corrected chi connectivity index (χ0v) is 5.51. The Morgan fingerprint density at radius 2 is 1.67 bits per heavy atom. The normalized spacial score (nSPS) is 11.4. The van der Waals surface area contributed by atoms with E-state index in [1.807, 2.05) is 0 Å². The molecule has 0 atom stereocenters. The molecule has 2 amide bonds. The minimum Gasteiger partial charge on any atom is -0.500 e. The largest absolute Gasteiger partial charge is 0.500 e. The lowest BCUT2D eigenvalue weighted by atomic mass is 10.4. The van der Waals surface area contributed by atoms with Gasteiger partial charge in [0.2, 0.25) is 11.5 Å². The molecule has 0 fully saturated rings.